The molecule has 9 heteroatoms. The van der Waals surface area contributed by atoms with Crippen molar-refractivity contribution in [3.63, 3.8) is 0 Å². The zero-order valence-corrected chi connectivity index (χ0v) is 21.2. The Morgan fingerprint density at radius 1 is 0.921 bits per heavy atom. The summed E-state index contributed by atoms with van der Waals surface area (Å²) < 4.78 is 41.9. The number of anilines is 1. The molecule has 1 N–H and O–H groups in total. The van der Waals surface area contributed by atoms with E-state index in [4.69, 9.17) is 0 Å². The largest absolute Gasteiger partial charge is 0.416 e. The monoisotopic (exact) mass is 519 g/mol. The molecule has 38 heavy (non-hydrogen) atoms. The second-order valence-electron chi connectivity index (χ2n) is 9.77. The lowest BCUT2D eigenvalue weighted by Gasteiger charge is -2.33. The van der Waals surface area contributed by atoms with Crippen LogP contribution in [0.4, 0.5) is 18.9 Å². The first-order chi connectivity index (χ1) is 18.2. The molecule has 3 aromatic carbocycles. The lowest BCUT2D eigenvalue weighted by atomic mass is 9.98. The average Bonchev–Trinajstić information content (AvgIpc) is 2.90. The summed E-state index contributed by atoms with van der Waals surface area (Å²) >= 11 is 0. The van der Waals surface area contributed by atoms with Crippen molar-refractivity contribution in [3.8, 4) is 11.1 Å². The van der Waals surface area contributed by atoms with Crippen molar-refractivity contribution in [1.82, 2.24) is 20.0 Å². The van der Waals surface area contributed by atoms with Gasteiger partial charge in [-0.2, -0.15) is 23.4 Å². The van der Waals surface area contributed by atoms with Gasteiger partial charge in [0.05, 0.1) is 18.0 Å². The Morgan fingerprint density at radius 3 is 2.39 bits per heavy atom. The molecular formula is C29H28F3N5O. The highest BCUT2D eigenvalue weighted by atomic mass is 19.4. The van der Waals surface area contributed by atoms with Gasteiger partial charge in [0, 0.05) is 54.7 Å². The molecule has 0 aliphatic carbocycles. The number of carbonyl (C=O) groups is 1. The van der Waals surface area contributed by atoms with Gasteiger partial charge in [-0.15, -0.1) is 0 Å². The van der Waals surface area contributed by atoms with Crippen molar-refractivity contribution >= 4 is 22.4 Å². The SMILES string of the molecule is Cc1ccc(NC(=O)c2ccc(CN3CCN(C)CC3)c(C(F)(F)F)c2)cc1-c1ccc2cnncc2c1. The van der Waals surface area contributed by atoms with E-state index in [1.165, 1.54) is 12.1 Å². The smallest absolute Gasteiger partial charge is 0.322 e. The number of piperazine rings is 1. The van der Waals surface area contributed by atoms with E-state index < -0.39 is 17.6 Å². The molecule has 1 aliphatic heterocycles. The minimum atomic E-state index is -4.56. The van der Waals surface area contributed by atoms with Crippen LogP contribution in [0.1, 0.15) is 27.0 Å². The highest BCUT2D eigenvalue weighted by Gasteiger charge is 2.34. The number of rotatable bonds is 5. The Bertz CT molecular complexity index is 1480. The van der Waals surface area contributed by atoms with E-state index in [-0.39, 0.29) is 17.7 Å². The van der Waals surface area contributed by atoms with Crippen LogP contribution in [0.5, 0.6) is 0 Å². The van der Waals surface area contributed by atoms with Gasteiger partial charge < -0.3 is 10.2 Å². The fourth-order valence-corrected chi connectivity index (χ4v) is 4.74. The lowest BCUT2D eigenvalue weighted by molar-refractivity contribution is -0.138. The Hall–Kier alpha value is -3.82. The van der Waals surface area contributed by atoms with E-state index >= 15 is 0 Å². The van der Waals surface area contributed by atoms with E-state index in [0.29, 0.717) is 18.8 Å². The van der Waals surface area contributed by atoms with Gasteiger partial charge in [0.15, 0.2) is 0 Å². The van der Waals surface area contributed by atoms with Gasteiger partial charge in [-0.25, -0.2) is 0 Å². The second kappa shape index (κ2) is 10.5. The highest BCUT2D eigenvalue weighted by molar-refractivity contribution is 6.05. The third-order valence-corrected chi connectivity index (χ3v) is 7.02. The third-order valence-electron chi connectivity index (χ3n) is 7.02. The third kappa shape index (κ3) is 5.69. The van der Waals surface area contributed by atoms with Crippen LogP contribution in [0.2, 0.25) is 0 Å². The van der Waals surface area contributed by atoms with Gasteiger partial charge >= 0.3 is 6.18 Å². The van der Waals surface area contributed by atoms with Crippen LogP contribution in [0.25, 0.3) is 21.9 Å². The van der Waals surface area contributed by atoms with E-state index in [0.717, 1.165) is 46.6 Å². The maximum Gasteiger partial charge on any atom is 0.416 e. The van der Waals surface area contributed by atoms with Crippen LogP contribution in [0.3, 0.4) is 0 Å². The number of carbonyl (C=O) groups excluding carboxylic acids is 1. The summed E-state index contributed by atoms with van der Waals surface area (Å²) in [6, 6.07) is 15.2. The Kier molecular flexibility index (Phi) is 7.14. The minimum absolute atomic E-state index is 0.0362. The molecule has 2 heterocycles. The second-order valence-corrected chi connectivity index (χ2v) is 9.77. The summed E-state index contributed by atoms with van der Waals surface area (Å²) in [5.41, 5.74) is 2.71. The number of amides is 1. The number of hydrogen-bond donors (Lipinski definition) is 1. The number of nitrogens with zero attached hydrogens (tertiary/aromatic N) is 4. The van der Waals surface area contributed by atoms with Gasteiger partial charge in [0.1, 0.15) is 0 Å². The van der Waals surface area contributed by atoms with Crippen molar-refractivity contribution in [2.75, 3.05) is 38.5 Å². The minimum Gasteiger partial charge on any atom is -0.322 e. The molecule has 1 aliphatic rings. The van der Waals surface area contributed by atoms with Crippen molar-refractivity contribution < 1.29 is 18.0 Å². The summed E-state index contributed by atoms with van der Waals surface area (Å²) in [6.07, 6.45) is -1.19. The highest BCUT2D eigenvalue weighted by Crippen LogP contribution is 2.34. The van der Waals surface area contributed by atoms with Gasteiger partial charge in [0.25, 0.3) is 5.91 Å². The van der Waals surface area contributed by atoms with Crippen LogP contribution in [-0.2, 0) is 12.7 Å². The summed E-state index contributed by atoms with van der Waals surface area (Å²) in [5, 5.41) is 12.5. The maximum atomic E-state index is 14.0. The number of fused-ring (bicyclic) bond motifs is 1. The molecule has 0 saturated carbocycles. The van der Waals surface area contributed by atoms with Gasteiger partial charge in [0.2, 0.25) is 0 Å². The Balaban J connectivity index is 1.38. The standard InChI is InChI=1S/C29H28F3N5O/c1-19-3-8-25(15-26(19)20-4-6-22-16-33-34-17-24(22)13-20)35-28(38)21-5-7-23(27(14-21)29(30,31)32)18-37-11-9-36(2)10-12-37/h3-8,13-17H,9-12,18H2,1-2H3,(H,35,38). The molecule has 4 aromatic rings. The number of alkyl halides is 3. The first-order valence-electron chi connectivity index (χ1n) is 12.4. The molecule has 1 aromatic heterocycles. The van der Waals surface area contributed by atoms with Gasteiger partial charge in [-0.05, 0) is 66.6 Å². The summed E-state index contributed by atoms with van der Waals surface area (Å²) in [7, 11) is 2.00. The first kappa shape index (κ1) is 25.8. The Morgan fingerprint density at radius 2 is 1.66 bits per heavy atom. The zero-order valence-electron chi connectivity index (χ0n) is 21.2. The van der Waals surface area contributed by atoms with E-state index in [2.05, 4.69) is 20.4 Å². The molecule has 0 unspecified atom stereocenters. The molecule has 0 radical (unpaired) electrons. The topological polar surface area (TPSA) is 61.4 Å². The van der Waals surface area contributed by atoms with E-state index in [1.807, 2.05) is 49.2 Å². The molecule has 0 spiro atoms. The lowest BCUT2D eigenvalue weighted by Crippen LogP contribution is -2.44. The first-order valence-corrected chi connectivity index (χ1v) is 12.4. The predicted octanol–water partition coefficient (Wildman–Crippen LogP) is 5.62. The quantitative estimate of drug-likeness (QED) is 0.371. The van der Waals surface area contributed by atoms with Crippen LogP contribution in [-0.4, -0.2) is 59.1 Å². The summed E-state index contributed by atoms with van der Waals surface area (Å²) in [5.74, 6) is -0.592. The Labute approximate surface area is 219 Å². The van der Waals surface area contributed by atoms with Crippen molar-refractivity contribution in [3.05, 3.63) is 89.2 Å². The predicted molar refractivity (Wildman–Crippen MR) is 142 cm³/mol. The number of benzene rings is 3. The number of nitrogens with one attached hydrogen (secondary N) is 1. The van der Waals surface area contributed by atoms with Gasteiger partial charge in [-0.3, -0.25) is 9.69 Å². The van der Waals surface area contributed by atoms with Crippen LogP contribution < -0.4 is 5.32 Å². The number of aryl methyl sites for hydroxylation is 1. The van der Waals surface area contributed by atoms with E-state index in [9.17, 15) is 18.0 Å². The fraction of sp³-hybridized carbons (Fsp3) is 0.276. The zero-order chi connectivity index (χ0) is 26.9. The van der Waals surface area contributed by atoms with E-state index in [1.54, 1.807) is 18.5 Å². The molecular weight excluding hydrogens is 491 g/mol. The number of hydrogen-bond acceptors (Lipinski definition) is 5. The van der Waals surface area contributed by atoms with Crippen LogP contribution in [0.15, 0.2) is 67.0 Å². The molecule has 0 atom stereocenters. The molecule has 5 rings (SSSR count). The van der Waals surface area contributed by atoms with Crippen molar-refractivity contribution in [2.45, 2.75) is 19.6 Å². The van der Waals surface area contributed by atoms with Crippen molar-refractivity contribution in [1.29, 1.82) is 0 Å². The molecule has 1 amide bonds. The fourth-order valence-electron chi connectivity index (χ4n) is 4.74. The van der Waals surface area contributed by atoms with Crippen LogP contribution >= 0.6 is 0 Å². The van der Waals surface area contributed by atoms with Gasteiger partial charge in [-0.1, -0.05) is 24.3 Å². The molecule has 1 saturated heterocycles. The van der Waals surface area contributed by atoms with Crippen LogP contribution in [0, 0.1) is 6.92 Å². The molecule has 0 bridgehead atoms. The summed E-state index contributed by atoms with van der Waals surface area (Å²) in [4.78, 5) is 17.2. The normalized spacial score (nSPS) is 15.1. The number of aromatic nitrogens is 2. The van der Waals surface area contributed by atoms with Crippen molar-refractivity contribution in [2.24, 2.45) is 0 Å². The molecule has 196 valence electrons. The number of likely N-dealkylation sites (N-methyl/N-ethyl adjacent to an activating group) is 1. The number of halogens is 3. The average molecular weight is 520 g/mol. The summed E-state index contributed by atoms with van der Waals surface area (Å²) in [6.45, 7) is 5.20. The maximum absolute atomic E-state index is 14.0. The molecule has 1 fully saturated rings. The molecule has 6 nitrogen and oxygen atoms in total.